The Morgan fingerprint density at radius 2 is 2.18 bits per heavy atom. The highest BCUT2D eigenvalue weighted by Crippen LogP contribution is 2.35. The van der Waals surface area contributed by atoms with Gasteiger partial charge < -0.3 is 10.3 Å². The maximum atomic E-state index is 3.76. The van der Waals surface area contributed by atoms with Crippen molar-refractivity contribution >= 4 is 10.9 Å². The second kappa shape index (κ2) is 4.19. The maximum Gasteiger partial charge on any atom is 0.0499 e. The molecule has 2 heteroatoms. The molecule has 1 aliphatic rings. The first-order chi connectivity index (χ1) is 8.33. The van der Waals surface area contributed by atoms with E-state index in [1.807, 2.05) is 6.20 Å². The van der Waals surface area contributed by atoms with Crippen LogP contribution in [0.2, 0.25) is 0 Å². The summed E-state index contributed by atoms with van der Waals surface area (Å²) >= 11 is 0. The van der Waals surface area contributed by atoms with E-state index >= 15 is 0 Å². The molecular formula is C15H20N2. The van der Waals surface area contributed by atoms with Crippen LogP contribution in [-0.2, 0) is 6.54 Å². The van der Waals surface area contributed by atoms with Crippen molar-refractivity contribution in [1.82, 2.24) is 10.3 Å². The summed E-state index contributed by atoms with van der Waals surface area (Å²) < 4.78 is 0. The molecule has 0 saturated heterocycles. The minimum Gasteiger partial charge on any atom is -0.361 e. The monoisotopic (exact) mass is 228 g/mol. The molecule has 2 N–H and O–H groups in total. The van der Waals surface area contributed by atoms with Gasteiger partial charge >= 0.3 is 0 Å². The van der Waals surface area contributed by atoms with Crippen LogP contribution in [0.3, 0.4) is 0 Å². The highest BCUT2D eigenvalue weighted by Gasteiger charge is 2.34. The Hall–Kier alpha value is -1.28. The van der Waals surface area contributed by atoms with Crippen molar-refractivity contribution in [3.05, 3.63) is 36.0 Å². The maximum absolute atomic E-state index is 3.76. The van der Waals surface area contributed by atoms with E-state index in [4.69, 9.17) is 0 Å². The third kappa shape index (κ3) is 1.87. The minimum atomic E-state index is 0.425. The van der Waals surface area contributed by atoms with Crippen molar-refractivity contribution in [3.63, 3.8) is 0 Å². The van der Waals surface area contributed by atoms with Gasteiger partial charge in [-0.15, -0.1) is 0 Å². The number of H-pyrrole nitrogens is 1. The molecule has 2 aromatic rings. The molecule has 0 spiro atoms. The molecule has 1 aromatic heterocycles. The van der Waals surface area contributed by atoms with Crippen LogP contribution in [0.15, 0.2) is 30.5 Å². The molecule has 1 heterocycles. The predicted molar refractivity (Wildman–Crippen MR) is 72.0 cm³/mol. The molecule has 0 atom stereocenters. The summed E-state index contributed by atoms with van der Waals surface area (Å²) in [5.41, 5.74) is 3.09. The van der Waals surface area contributed by atoms with Gasteiger partial charge in [-0.3, -0.25) is 0 Å². The second-order valence-corrected chi connectivity index (χ2v) is 5.20. The Morgan fingerprint density at radius 3 is 2.88 bits per heavy atom. The summed E-state index contributed by atoms with van der Waals surface area (Å²) in [6.07, 6.45) is 7.32. The SMILES string of the molecule is CCC1(NCc2cccc3cc[nH]c23)CCC1. The van der Waals surface area contributed by atoms with Gasteiger partial charge in [0.05, 0.1) is 0 Å². The molecule has 90 valence electrons. The average molecular weight is 228 g/mol. The largest absolute Gasteiger partial charge is 0.361 e. The van der Waals surface area contributed by atoms with E-state index in [0.717, 1.165) is 6.54 Å². The number of nitrogens with one attached hydrogen (secondary N) is 2. The lowest BCUT2D eigenvalue weighted by Crippen LogP contribution is -2.49. The Bertz CT molecular complexity index is 503. The Labute approximate surface area is 102 Å². The fourth-order valence-electron chi connectivity index (χ4n) is 2.84. The first kappa shape index (κ1) is 10.8. The van der Waals surface area contributed by atoms with E-state index < -0.39 is 0 Å². The minimum absolute atomic E-state index is 0.425. The predicted octanol–water partition coefficient (Wildman–Crippen LogP) is 3.59. The van der Waals surface area contributed by atoms with Crippen molar-refractivity contribution in [3.8, 4) is 0 Å². The lowest BCUT2D eigenvalue weighted by atomic mass is 9.75. The van der Waals surface area contributed by atoms with Gasteiger partial charge in [0.2, 0.25) is 0 Å². The van der Waals surface area contributed by atoms with E-state index in [9.17, 15) is 0 Å². The highest BCUT2D eigenvalue weighted by molar-refractivity contribution is 5.82. The third-order valence-electron chi connectivity index (χ3n) is 4.31. The molecule has 0 bridgehead atoms. The molecule has 1 aromatic carbocycles. The lowest BCUT2D eigenvalue weighted by Gasteiger charge is -2.42. The first-order valence-electron chi connectivity index (χ1n) is 6.63. The zero-order valence-electron chi connectivity index (χ0n) is 10.4. The van der Waals surface area contributed by atoms with Crippen LogP contribution in [0.25, 0.3) is 10.9 Å². The number of benzene rings is 1. The van der Waals surface area contributed by atoms with Gasteiger partial charge in [-0.25, -0.2) is 0 Å². The van der Waals surface area contributed by atoms with Crippen LogP contribution in [0.4, 0.5) is 0 Å². The molecule has 0 unspecified atom stereocenters. The second-order valence-electron chi connectivity index (χ2n) is 5.20. The van der Waals surface area contributed by atoms with Gasteiger partial charge in [0, 0.05) is 23.8 Å². The van der Waals surface area contributed by atoms with Crippen LogP contribution in [-0.4, -0.2) is 10.5 Å². The first-order valence-corrected chi connectivity index (χ1v) is 6.63. The van der Waals surface area contributed by atoms with E-state index in [1.165, 1.54) is 42.1 Å². The van der Waals surface area contributed by atoms with Crippen molar-refractivity contribution < 1.29 is 0 Å². The third-order valence-corrected chi connectivity index (χ3v) is 4.31. The number of hydrogen-bond acceptors (Lipinski definition) is 1. The summed E-state index contributed by atoms with van der Waals surface area (Å²) in [6.45, 7) is 3.27. The Kier molecular flexibility index (Phi) is 2.67. The van der Waals surface area contributed by atoms with E-state index in [-0.39, 0.29) is 0 Å². The zero-order valence-corrected chi connectivity index (χ0v) is 10.4. The fraction of sp³-hybridized carbons (Fsp3) is 0.467. The molecule has 3 rings (SSSR count). The van der Waals surface area contributed by atoms with Crippen LogP contribution < -0.4 is 5.32 Å². The summed E-state index contributed by atoms with van der Waals surface area (Å²) in [5.74, 6) is 0. The van der Waals surface area contributed by atoms with E-state index in [1.54, 1.807) is 0 Å². The van der Waals surface area contributed by atoms with Gasteiger partial charge in [-0.05, 0) is 42.7 Å². The van der Waals surface area contributed by atoms with Crippen LogP contribution in [0, 0.1) is 0 Å². The van der Waals surface area contributed by atoms with Crippen LogP contribution in [0.5, 0.6) is 0 Å². The van der Waals surface area contributed by atoms with E-state index in [0.29, 0.717) is 5.54 Å². The van der Waals surface area contributed by atoms with Crippen LogP contribution in [0.1, 0.15) is 38.2 Å². The van der Waals surface area contributed by atoms with Crippen LogP contribution >= 0.6 is 0 Å². The zero-order chi connectivity index (χ0) is 11.7. The van der Waals surface area contributed by atoms with Gasteiger partial charge in [-0.2, -0.15) is 0 Å². The normalized spacial score (nSPS) is 18.2. The van der Waals surface area contributed by atoms with Gasteiger partial charge in [0.15, 0.2) is 0 Å². The fourth-order valence-corrected chi connectivity index (χ4v) is 2.84. The summed E-state index contributed by atoms with van der Waals surface area (Å²) in [7, 11) is 0. The molecule has 2 nitrogen and oxygen atoms in total. The van der Waals surface area contributed by atoms with Crippen molar-refractivity contribution in [1.29, 1.82) is 0 Å². The van der Waals surface area contributed by atoms with Crippen molar-refractivity contribution in [2.45, 2.75) is 44.7 Å². The number of para-hydroxylation sites is 1. The average Bonchev–Trinajstić information content (AvgIpc) is 2.77. The molecule has 0 amide bonds. The number of rotatable bonds is 4. The van der Waals surface area contributed by atoms with Gasteiger partial charge in [0.1, 0.15) is 0 Å². The quantitative estimate of drug-likeness (QED) is 0.822. The number of aromatic amines is 1. The van der Waals surface area contributed by atoms with Gasteiger partial charge in [-0.1, -0.05) is 25.1 Å². The smallest absolute Gasteiger partial charge is 0.0499 e. The molecule has 17 heavy (non-hydrogen) atoms. The Morgan fingerprint density at radius 1 is 1.29 bits per heavy atom. The number of hydrogen-bond donors (Lipinski definition) is 2. The summed E-state index contributed by atoms with van der Waals surface area (Å²) in [5, 5.41) is 5.07. The summed E-state index contributed by atoms with van der Waals surface area (Å²) in [6, 6.07) is 8.66. The van der Waals surface area contributed by atoms with Crippen molar-refractivity contribution in [2.24, 2.45) is 0 Å². The standard InChI is InChI=1S/C15H20N2/c1-2-15(8-4-9-15)17-11-13-6-3-5-12-7-10-16-14(12)13/h3,5-7,10,16-17H,2,4,8-9,11H2,1H3. The highest BCUT2D eigenvalue weighted by atomic mass is 15.0. The molecule has 1 saturated carbocycles. The lowest BCUT2D eigenvalue weighted by molar-refractivity contribution is 0.175. The Balaban J connectivity index is 1.78. The van der Waals surface area contributed by atoms with E-state index in [2.05, 4.69) is 41.5 Å². The summed E-state index contributed by atoms with van der Waals surface area (Å²) in [4.78, 5) is 3.34. The molecule has 0 aliphatic heterocycles. The molecular weight excluding hydrogens is 208 g/mol. The molecule has 1 fully saturated rings. The number of fused-ring (bicyclic) bond motifs is 1. The number of aromatic nitrogens is 1. The molecule has 0 radical (unpaired) electrons. The van der Waals surface area contributed by atoms with Crippen molar-refractivity contribution in [2.75, 3.05) is 0 Å². The topological polar surface area (TPSA) is 27.8 Å². The van der Waals surface area contributed by atoms with Gasteiger partial charge in [0.25, 0.3) is 0 Å². The molecule has 1 aliphatic carbocycles.